The van der Waals surface area contributed by atoms with Gasteiger partial charge in [-0.15, -0.1) is 11.3 Å². The van der Waals surface area contributed by atoms with Gasteiger partial charge in [0.25, 0.3) is 0 Å². The van der Waals surface area contributed by atoms with Gasteiger partial charge in [0.05, 0.1) is 6.54 Å². The molecule has 22 heavy (non-hydrogen) atoms. The lowest BCUT2D eigenvalue weighted by Gasteiger charge is -2.26. The lowest BCUT2D eigenvalue weighted by Crippen LogP contribution is -2.39. The van der Waals surface area contributed by atoms with Crippen LogP contribution < -0.4 is 4.90 Å². The lowest BCUT2D eigenvalue weighted by molar-refractivity contribution is -0.140. The maximum Gasteiger partial charge on any atom is 0.415 e. The van der Waals surface area contributed by atoms with Crippen LogP contribution in [0.1, 0.15) is 42.9 Å². The van der Waals surface area contributed by atoms with Crippen molar-refractivity contribution in [3.8, 4) is 0 Å². The average molecular weight is 327 g/mol. The molecule has 7 heteroatoms. The van der Waals surface area contributed by atoms with E-state index in [9.17, 15) is 14.4 Å². The van der Waals surface area contributed by atoms with Gasteiger partial charge in [-0.2, -0.15) is 0 Å². The van der Waals surface area contributed by atoms with E-state index in [2.05, 4.69) is 0 Å². The fraction of sp³-hybridized carbons (Fsp3) is 0.533. The Morgan fingerprint density at radius 3 is 2.50 bits per heavy atom. The fourth-order valence-corrected chi connectivity index (χ4v) is 2.68. The third-order valence-electron chi connectivity index (χ3n) is 2.47. The van der Waals surface area contributed by atoms with E-state index in [1.54, 1.807) is 26.8 Å². The van der Waals surface area contributed by atoms with Crippen molar-refractivity contribution in [1.29, 1.82) is 0 Å². The standard InChI is InChI=1S/C15H21NO5S/c1-10-8-12(9-17)13(22-10)16(6-7-20-11(2)18)14(19)21-15(3,4)5/h8-9H,6-7H2,1-5H3. The van der Waals surface area contributed by atoms with Gasteiger partial charge in [0.1, 0.15) is 17.2 Å². The van der Waals surface area contributed by atoms with Gasteiger partial charge in [0, 0.05) is 17.4 Å². The van der Waals surface area contributed by atoms with Crippen LogP contribution in [0, 0.1) is 6.92 Å². The first-order valence-electron chi connectivity index (χ1n) is 6.83. The van der Waals surface area contributed by atoms with Crippen molar-refractivity contribution in [3.63, 3.8) is 0 Å². The quantitative estimate of drug-likeness (QED) is 0.613. The van der Waals surface area contributed by atoms with Crippen molar-refractivity contribution in [2.24, 2.45) is 0 Å². The van der Waals surface area contributed by atoms with Gasteiger partial charge in [0.15, 0.2) is 6.29 Å². The van der Waals surface area contributed by atoms with Crippen LogP contribution in [0.2, 0.25) is 0 Å². The van der Waals surface area contributed by atoms with E-state index in [1.165, 1.54) is 23.2 Å². The summed E-state index contributed by atoms with van der Waals surface area (Å²) in [6, 6.07) is 1.70. The van der Waals surface area contributed by atoms with E-state index in [1.807, 2.05) is 6.92 Å². The zero-order valence-corrected chi connectivity index (χ0v) is 14.3. The Bertz CT molecular complexity index is 559. The minimum Gasteiger partial charge on any atom is -0.464 e. The van der Waals surface area contributed by atoms with E-state index in [0.717, 1.165) is 4.88 Å². The number of rotatable bonds is 5. The molecule has 0 aliphatic heterocycles. The lowest BCUT2D eigenvalue weighted by atomic mass is 10.2. The number of carbonyl (C=O) groups is 3. The molecule has 1 rings (SSSR count). The van der Waals surface area contributed by atoms with Crippen molar-refractivity contribution in [2.75, 3.05) is 18.1 Å². The second-order valence-electron chi connectivity index (χ2n) is 5.71. The molecule has 1 heterocycles. The summed E-state index contributed by atoms with van der Waals surface area (Å²) in [5, 5.41) is 0.494. The Kier molecular flexibility index (Phi) is 6.11. The van der Waals surface area contributed by atoms with Gasteiger partial charge in [-0.3, -0.25) is 14.5 Å². The smallest absolute Gasteiger partial charge is 0.415 e. The van der Waals surface area contributed by atoms with Gasteiger partial charge in [-0.25, -0.2) is 4.79 Å². The number of anilines is 1. The number of hydrogen-bond acceptors (Lipinski definition) is 6. The monoisotopic (exact) mass is 327 g/mol. The van der Waals surface area contributed by atoms with Crippen molar-refractivity contribution >= 4 is 34.7 Å². The molecule has 0 fully saturated rings. The van der Waals surface area contributed by atoms with Gasteiger partial charge in [0.2, 0.25) is 0 Å². The molecular formula is C15H21NO5S. The summed E-state index contributed by atoms with van der Waals surface area (Å²) in [6.45, 7) is 8.57. The highest BCUT2D eigenvalue weighted by atomic mass is 32.1. The number of carbonyl (C=O) groups excluding carboxylic acids is 3. The minimum absolute atomic E-state index is 0.0316. The van der Waals surface area contributed by atoms with Crippen molar-refractivity contribution in [1.82, 2.24) is 0 Å². The minimum atomic E-state index is -0.662. The summed E-state index contributed by atoms with van der Waals surface area (Å²) in [6.07, 6.45) is 0.117. The van der Waals surface area contributed by atoms with Crippen LogP contribution in [-0.4, -0.2) is 37.1 Å². The third kappa shape index (κ3) is 5.48. The molecule has 1 amide bonds. The second kappa shape index (κ2) is 7.40. The van der Waals surface area contributed by atoms with Crippen LogP contribution in [0.15, 0.2) is 6.07 Å². The molecule has 0 aromatic carbocycles. The highest BCUT2D eigenvalue weighted by Crippen LogP contribution is 2.31. The molecule has 0 radical (unpaired) electrons. The van der Waals surface area contributed by atoms with Gasteiger partial charge in [-0.05, 0) is 33.8 Å². The Morgan fingerprint density at radius 1 is 1.36 bits per heavy atom. The maximum atomic E-state index is 12.4. The van der Waals surface area contributed by atoms with Crippen molar-refractivity contribution in [2.45, 2.75) is 40.2 Å². The van der Waals surface area contributed by atoms with E-state index in [-0.39, 0.29) is 13.2 Å². The normalized spacial score (nSPS) is 11.0. The first kappa shape index (κ1) is 18.2. The number of ether oxygens (including phenoxy) is 2. The van der Waals surface area contributed by atoms with E-state index in [0.29, 0.717) is 16.9 Å². The molecule has 1 aromatic heterocycles. The Balaban J connectivity index is 3.01. The number of aryl methyl sites for hydroxylation is 1. The fourth-order valence-electron chi connectivity index (χ4n) is 1.69. The summed E-state index contributed by atoms with van der Waals surface area (Å²) in [5.41, 5.74) is -0.249. The topological polar surface area (TPSA) is 72.9 Å². The Labute approximate surface area is 134 Å². The van der Waals surface area contributed by atoms with Crippen LogP contribution in [0.5, 0.6) is 0 Å². The predicted octanol–water partition coefficient (Wildman–Crippen LogP) is 3.17. The van der Waals surface area contributed by atoms with Gasteiger partial charge in [-0.1, -0.05) is 0 Å². The van der Waals surface area contributed by atoms with Gasteiger partial charge >= 0.3 is 12.1 Å². The van der Waals surface area contributed by atoms with Crippen molar-refractivity contribution < 1.29 is 23.9 Å². The average Bonchev–Trinajstić information content (AvgIpc) is 2.73. The number of esters is 1. The van der Waals surface area contributed by atoms with E-state index in [4.69, 9.17) is 9.47 Å². The Morgan fingerprint density at radius 2 is 2.00 bits per heavy atom. The van der Waals surface area contributed by atoms with E-state index >= 15 is 0 Å². The van der Waals surface area contributed by atoms with Crippen LogP contribution in [0.4, 0.5) is 9.80 Å². The zero-order valence-electron chi connectivity index (χ0n) is 13.5. The highest BCUT2D eigenvalue weighted by Gasteiger charge is 2.26. The third-order valence-corrected chi connectivity index (χ3v) is 3.56. The highest BCUT2D eigenvalue weighted by molar-refractivity contribution is 7.16. The molecule has 0 bridgehead atoms. The summed E-state index contributed by atoms with van der Waals surface area (Å²) in [4.78, 5) is 36.7. The molecule has 0 spiro atoms. The van der Waals surface area contributed by atoms with Crippen LogP contribution >= 0.6 is 11.3 Å². The summed E-state index contributed by atoms with van der Waals surface area (Å²) in [5.74, 6) is -0.429. The Hall–Kier alpha value is -1.89. The zero-order chi connectivity index (χ0) is 16.9. The first-order valence-corrected chi connectivity index (χ1v) is 7.65. The molecule has 0 unspecified atom stereocenters. The summed E-state index contributed by atoms with van der Waals surface area (Å²) >= 11 is 1.31. The van der Waals surface area contributed by atoms with Crippen LogP contribution in [-0.2, 0) is 14.3 Å². The first-order chi connectivity index (χ1) is 10.1. The van der Waals surface area contributed by atoms with Gasteiger partial charge < -0.3 is 9.47 Å². The second-order valence-corrected chi connectivity index (χ2v) is 6.94. The van der Waals surface area contributed by atoms with Crippen LogP contribution in [0.3, 0.4) is 0 Å². The largest absolute Gasteiger partial charge is 0.464 e. The molecule has 0 saturated heterocycles. The summed E-state index contributed by atoms with van der Waals surface area (Å²) < 4.78 is 10.2. The molecule has 0 atom stereocenters. The molecule has 0 saturated carbocycles. The number of amides is 1. The molecule has 1 aromatic rings. The SMILES string of the molecule is CC(=O)OCCN(C(=O)OC(C)(C)C)c1sc(C)cc1C=O. The molecule has 0 aliphatic carbocycles. The summed E-state index contributed by atoms with van der Waals surface area (Å²) in [7, 11) is 0. The number of thiophene rings is 1. The molecule has 122 valence electrons. The number of hydrogen-bond donors (Lipinski definition) is 0. The van der Waals surface area contributed by atoms with Crippen LogP contribution in [0.25, 0.3) is 0 Å². The maximum absolute atomic E-state index is 12.4. The molecule has 0 aliphatic rings. The molecule has 6 nitrogen and oxygen atoms in total. The number of aldehydes is 1. The van der Waals surface area contributed by atoms with E-state index < -0.39 is 17.7 Å². The molecular weight excluding hydrogens is 306 g/mol. The molecule has 0 N–H and O–H groups in total. The van der Waals surface area contributed by atoms with Crippen molar-refractivity contribution in [3.05, 3.63) is 16.5 Å². The predicted molar refractivity (Wildman–Crippen MR) is 84.7 cm³/mol. The number of nitrogens with zero attached hydrogens (tertiary/aromatic N) is 1.